The van der Waals surface area contributed by atoms with Crippen LogP contribution in [-0.2, 0) is 56.2 Å². The van der Waals surface area contributed by atoms with Crippen molar-refractivity contribution < 1.29 is 56.2 Å². The Hall–Kier alpha value is 2.37. The second kappa shape index (κ2) is 7.65. The van der Waals surface area contributed by atoms with Crippen LogP contribution in [0.1, 0.15) is 12.8 Å². The van der Waals surface area contributed by atoms with E-state index in [0.717, 1.165) is 12.8 Å². The Balaban J connectivity index is 2.59. The van der Waals surface area contributed by atoms with Gasteiger partial charge in [-0.05, 0) is 0 Å². The summed E-state index contributed by atoms with van der Waals surface area (Å²) in [4.78, 5) is 0. The van der Waals surface area contributed by atoms with E-state index in [-0.39, 0.29) is 0 Å². The van der Waals surface area contributed by atoms with Gasteiger partial charge in [-0.15, -0.1) is 0 Å². The number of hydrogen-bond donors (Lipinski definition) is 0. The molecular weight excluding hydrogens is 600 g/mol. The summed E-state index contributed by atoms with van der Waals surface area (Å²) < 4.78 is 12.3. The van der Waals surface area contributed by atoms with Crippen LogP contribution < -0.4 is 0 Å². The first kappa shape index (κ1) is 14.4. The van der Waals surface area contributed by atoms with Gasteiger partial charge in [0.1, 0.15) is 0 Å². The molecule has 1 aliphatic carbocycles. The SMILES string of the molecule is COC1C[CH]([Hg][Cl])C(OC)C[CH]1[Hg][Cl]. The number of ether oxygens (including phenoxy) is 2. The van der Waals surface area contributed by atoms with Crippen LogP contribution in [0, 0.1) is 0 Å². The number of hydrogen-bond acceptors (Lipinski definition) is 2. The van der Waals surface area contributed by atoms with E-state index in [0.29, 0.717) is 19.1 Å². The minimum absolute atomic E-state index is 0.393. The Morgan fingerprint density at radius 3 is 1.50 bits per heavy atom. The van der Waals surface area contributed by atoms with E-state index in [9.17, 15) is 0 Å². The number of halogens is 2. The molecule has 4 atom stereocenters. The molecule has 0 saturated heterocycles. The van der Waals surface area contributed by atoms with Gasteiger partial charge < -0.3 is 0 Å². The van der Waals surface area contributed by atoms with Crippen molar-refractivity contribution >= 4 is 16.5 Å². The molecule has 4 unspecified atom stereocenters. The zero-order valence-corrected chi connectivity index (χ0v) is 21.2. The van der Waals surface area contributed by atoms with Crippen LogP contribution in [0.15, 0.2) is 0 Å². The van der Waals surface area contributed by atoms with E-state index in [4.69, 9.17) is 26.0 Å². The fourth-order valence-electron chi connectivity index (χ4n) is 2.19. The van der Waals surface area contributed by atoms with Gasteiger partial charge in [-0.3, -0.25) is 0 Å². The van der Waals surface area contributed by atoms with Crippen LogP contribution in [-0.4, -0.2) is 26.4 Å². The molecule has 0 aromatic rings. The summed E-state index contributed by atoms with van der Waals surface area (Å²) in [7, 11) is 15.9. The Labute approximate surface area is 117 Å². The zero-order chi connectivity index (χ0) is 10.6. The van der Waals surface area contributed by atoms with Gasteiger partial charge in [0, 0.05) is 0 Å². The summed E-state index contributed by atoms with van der Waals surface area (Å²) in [6, 6.07) is 0. The molecule has 0 radical (unpaired) electrons. The fourth-order valence-corrected chi connectivity index (χ4v) is 16.0. The summed E-state index contributed by atoms with van der Waals surface area (Å²) in [6.45, 7) is 0. The fraction of sp³-hybridized carbons (Fsp3) is 1.00. The Morgan fingerprint density at radius 2 is 1.29 bits per heavy atom. The molecule has 1 saturated carbocycles. The summed E-state index contributed by atoms with van der Waals surface area (Å²) in [5.74, 6) is 0. The molecule has 0 spiro atoms. The molecule has 1 rings (SSSR count). The van der Waals surface area contributed by atoms with E-state index in [2.05, 4.69) is 0 Å². The van der Waals surface area contributed by atoms with Gasteiger partial charge in [-0.1, -0.05) is 0 Å². The first-order chi connectivity index (χ1) is 6.76. The van der Waals surface area contributed by atoms with Crippen molar-refractivity contribution in [1.82, 2.24) is 0 Å². The van der Waals surface area contributed by atoms with Crippen LogP contribution in [0.3, 0.4) is 0 Å². The van der Waals surface area contributed by atoms with Crippen LogP contribution in [0.4, 0.5) is 0 Å². The summed E-state index contributed by atoms with van der Waals surface area (Å²) in [5, 5.41) is 0. The molecule has 6 heteroatoms. The summed E-state index contributed by atoms with van der Waals surface area (Å²) in [5.41, 5.74) is 0. The van der Waals surface area contributed by atoms with Gasteiger partial charge in [0.2, 0.25) is 0 Å². The summed E-state index contributed by atoms with van der Waals surface area (Å²) >= 11 is -2.43. The molecule has 76 valence electrons. The standard InChI is InChI=1S/C8H14O2.2ClH.2Hg/c1-9-7-3-5-8(10-2)6-4-7;;;;/h3,6-8H,4-5H2,1-2H3;2*1H;;/q;;;2*+1/p-2. The van der Waals surface area contributed by atoms with Gasteiger partial charge in [0.25, 0.3) is 0 Å². The third-order valence-electron chi connectivity index (χ3n) is 3.12. The monoisotopic (exact) mass is 616 g/mol. The van der Waals surface area contributed by atoms with Crippen molar-refractivity contribution in [3.63, 3.8) is 0 Å². The third-order valence-corrected chi connectivity index (χ3v) is 19.8. The first-order valence-corrected chi connectivity index (χ1v) is 24.8. The molecular formula is C8H14Cl2Hg2O2. The number of methoxy groups -OCH3 is 2. The summed E-state index contributed by atoms with van der Waals surface area (Å²) in [6.07, 6.45) is 3.00. The van der Waals surface area contributed by atoms with Crippen molar-refractivity contribution in [3.05, 3.63) is 0 Å². The van der Waals surface area contributed by atoms with Crippen molar-refractivity contribution in [3.8, 4) is 0 Å². The average Bonchev–Trinajstić information content (AvgIpc) is 2.26. The number of rotatable bonds is 4. The first-order valence-electron chi connectivity index (χ1n) is 4.94. The van der Waals surface area contributed by atoms with Gasteiger partial charge in [-0.2, -0.15) is 0 Å². The Bertz CT molecular complexity index is 139. The van der Waals surface area contributed by atoms with Gasteiger partial charge in [0.05, 0.1) is 0 Å². The minimum atomic E-state index is -1.21. The topological polar surface area (TPSA) is 18.5 Å². The molecule has 0 N–H and O–H groups in total. The normalized spacial score (nSPS) is 37.4. The maximum atomic E-state index is 6.14. The molecule has 0 aromatic carbocycles. The maximum absolute atomic E-state index is 6.14. The van der Waals surface area contributed by atoms with Crippen molar-refractivity contribution in [2.24, 2.45) is 0 Å². The quantitative estimate of drug-likeness (QED) is 0.454. The molecule has 0 aliphatic heterocycles. The molecule has 0 aromatic heterocycles. The van der Waals surface area contributed by atoms with Crippen LogP contribution in [0.5, 0.6) is 0 Å². The van der Waals surface area contributed by atoms with Crippen molar-refractivity contribution in [2.45, 2.75) is 31.9 Å². The molecule has 0 amide bonds. The molecule has 14 heavy (non-hydrogen) atoms. The zero-order valence-electron chi connectivity index (χ0n) is 8.71. The predicted molar refractivity (Wildman–Crippen MR) is 50.0 cm³/mol. The van der Waals surface area contributed by atoms with E-state index in [1.165, 1.54) is 0 Å². The van der Waals surface area contributed by atoms with Gasteiger partial charge in [-0.25, -0.2) is 0 Å². The molecule has 1 aliphatic rings. The third kappa shape index (κ3) is 3.69. The van der Waals surface area contributed by atoms with Gasteiger partial charge in [0.15, 0.2) is 0 Å². The van der Waals surface area contributed by atoms with Crippen molar-refractivity contribution in [2.75, 3.05) is 14.2 Å². The van der Waals surface area contributed by atoms with Crippen LogP contribution in [0.25, 0.3) is 0 Å². The molecule has 2 nitrogen and oxygen atoms in total. The van der Waals surface area contributed by atoms with Crippen molar-refractivity contribution in [1.29, 1.82) is 0 Å². The molecule has 0 heterocycles. The van der Waals surface area contributed by atoms with E-state index in [1.54, 1.807) is 14.2 Å². The average molecular weight is 614 g/mol. The molecule has 1 fully saturated rings. The molecule has 0 bridgehead atoms. The van der Waals surface area contributed by atoms with Gasteiger partial charge >= 0.3 is 119 Å². The van der Waals surface area contributed by atoms with E-state index in [1.807, 2.05) is 0 Å². The van der Waals surface area contributed by atoms with Crippen LogP contribution >= 0.6 is 16.5 Å². The Kier molecular flexibility index (Phi) is 7.88. The second-order valence-corrected chi connectivity index (χ2v) is 19.8. The second-order valence-electron chi connectivity index (χ2n) is 3.85. The van der Waals surface area contributed by atoms with Crippen LogP contribution in [0.2, 0.25) is 6.85 Å². The van der Waals surface area contributed by atoms with E-state index >= 15 is 0 Å². The Morgan fingerprint density at radius 1 is 0.929 bits per heavy atom. The predicted octanol–water partition coefficient (Wildman–Crippen LogP) is 2.86. The van der Waals surface area contributed by atoms with E-state index < -0.39 is 46.7 Å².